The van der Waals surface area contributed by atoms with Crippen LogP contribution in [0, 0.1) is 5.92 Å². The van der Waals surface area contributed by atoms with Crippen molar-refractivity contribution in [2.75, 3.05) is 6.61 Å². The van der Waals surface area contributed by atoms with E-state index < -0.39 is 11.6 Å². The molecule has 5 rings (SSSR count). The second-order valence-electron chi connectivity index (χ2n) is 9.06. The number of aliphatic hydroxyl groups is 1. The van der Waals surface area contributed by atoms with Crippen molar-refractivity contribution in [1.29, 1.82) is 0 Å². The summed E-state index contributed by atoms with van der Waals surface area (Å²) < 4.78 is 6.76. The SMILES string of the molecule is CCC(C)CO/N=C/c1cccc2cc3c(nc12)-c1cc2c(c(=O)n1C3)COC(=O)[C@]2(O)CC. The zero-order valence-electron chi connectivity index (χ0n) is 19.5. The van der Waals surface area contributed by atoms with Gasteiger partial charge in [0.25, 0.3) is 5.56 Å². The van der Waals surface area contributed by atoms with Gasteiger partial charge >= 0.3 is 5.97 Å². The third kappa shape index (κ3) is 3.40. The minimum Gasteiger partial charge on any atom is -0.458 e. The summed E-state index contributed by atoms with van der Waals surface area (Å²) in [5.74, 6) is -0.307. The van der Waals surface area contributed by atoms with Gasteiger partial charge in [0.1, 0.15) is 13.2 Å². The highest BCUT2D eigenvalue weighted by Crippen LogP contribution is 2.38. The molecule has 0 fully saturated rings. The average Bonchev–Trinajstić information content (AvgIpc) is 3.21. The van der Waals surface area contributed by atoms with Crippen molar-refractivity contribution in [3.05, 3.63) is 62.9 Å². The molecule has 0 bridgehead atoms. The van der Waals surface area contributed by atoms with Crippen LogP contribution in [0.3, 0.4) is 0 Å². The zero-order chi connectivity index (χ0) is 24.0. The number of esters is 1. The Balaban J connectivity index is 1.61. The number of hydrogen-bond donors (Lipinski definition) is 1. The number of benzene rings is 1. The van der Waals surface area contributed by atoms with E-state index in [1.807, 2.05) is 24.3 Å². The van der Waals surface area contributed by atoms with E-state index in [0.29, 0.717) is 41.6 Å². The first-order valence-corrected chi connectivity index (χ1v) is 11.6. The first kappa shape index (κ1) is 22.3. The topological polar surface area (TPSA) is 103 Å². The summed E-state index contributed by atoms with van der Waals surface area (Å²) in [6, 6.07) is 9.56. The van der Waals surface area contributed by atoms with Crippen molar-refractivity contribution in [3.63, 3.8) is 0 Å². The third-order valence-electron chi connectivity index (χ3n) is 6.89. The lowest BCUT2D eigenvalue weighted by atomic mass is 9.86. The lowest BCUT2D eigenvalue weighted by Crippen LogP contribution is -2.44. The number of carbonyl (C=O) groups excluding carboxylic acids is 1. The van der Waals surface area contributed by atoms with Crippen LogP contribution in [-0.2, 0) is 33.1 Å². The van der Waals surface area contributed by atoms with Crippen LogP contribution in [0.5, 0.6) is 0 Å². The van der Waals surface area contributed by atoms with Gasteiger partial charge in [-0.2, -0.15) is 0 Å². The molecule has 8 heteroatoms. The van der Waals surface area contributed by atoms with E-state index in [9.17, 15) is 14.7 Å². The number of fused-ring (bicyclic) bond motifs is 5. The number of cyclic esters (lactones) is 1. The van der Waals surface area contributed by atoms with Gasteiger partial charge in [0.15, 0.2) is 5.60 Å². The van der Waals surface area contributed by atoms with E-state index in [1.54, 1.807) is 23.8 Å². The smallest absolute Gasteiger partial charge is 0.343 e. The molecule has 1 unspecified atom stereocenters. The molecule has 2 aromatic heterocycles. The normalized spacial score (nSPS) is 19.6. The Hall–Kier alpha value is -3.52. The van der Waals surface area contributed by atoms with Gasteiger partial charge in [-0.25, -0.2) is 9.78 Å². The van der Waals surface area contributed by atoms with E-state index in [2.05, 4.69) is 19.0 Å². The second-order valence-corrected chi connectivity index (χ2v) is 9.06. The fourth-order valence-corrected chi connectivity index (χ4v) is 4.52. The Morgan fingerprint density at radius 1 is 1.32 bits per heavy atom. The highest BCUT2D eigenvalue weighted by Gasteiger charge is 2.45. The van der Waals surface area contributed by atoms with E-state index in [-0.39, 0.29) is 18.6 Å². The molecule has 4 heterocycles. The van der Waals surface area contributed by atoms with Crippen LogP contribution in [0.2, 0.25) is 0 Å². The Morgan fingerprint density at radius 3 is 2.91 bits per heavy atom. The summed E-state index contributed by atoms with van der Waals surface area (Å²) >= 11 is 0. The Labute approximate surface area is 196 Å². The monoisotopic (exact) mass is 461 g/mol. The van der Waals surface area contributed by atoms with Crippen molar-refractivity contribution in [3.8, 4) is 11.4 Å². The Kier molecular flexibility index (Phi) is 5.48. The molecule has 2 aliphatic heterocycles. The Morgan fingerprint density at radius 2 is 2.15 bits per heavy atom. The number of oxime groups is 1. The van der Waals surface area contributed by atoms with Gasteiger partial charge in [-0.05, 0) is 24.5 Å². The lowest BCUT2D eigenvalue weighted by Gasteiger charge is -2.31. The van der Waals surface area contributed by atoms with Crippen molar-refractivity contribution >= 4 is 23.1 Å². The average molecular weight is 462 g/mol. The van der Waals surface area contributed by atoms with Crippen LogP contribution in [0.1, 0.15) is 55.9 Å². The maximum Gasteiger partial charge on any atom is 0.343 e. The molecule has 1 N–H and O–H groups in total. The molecular weight excluding hydrogens is 434 g/mol. The van der Waals surface area contributed by atoms with Gasteiger partial charge in [-0.15, -0.1) is 0 Å². The molecule has 0 saturated carbocycles. The van der Waals surface area contributed by atoms with Crippen LogP contribution in [0.25, 0.3) is 22.3 Å². The van der Waals surface area contributed by atoms with Crippen LogP contribution < -0.4 is 5.56 Å². The van der Waals surface area contributed by atoms with E-state index in [0.717, 1.165) is 28.5 Å². The molecule has 2 atom stereocenters. The van der Waals surface area contributed by atoms with Gasteiger partial charge in [0.05, 0.1) is 35.2 Å². The molecule has 34 heavy (non-hydrogen) atoms. The van der Waals surface area contributed by atoms with Gasteiger partial charge in [0, 0.05) is 22.1 Å². The van der Waals surface area contributed by atoms with Gasteiger partial charge in [-0.1, -0.05) is 50.5 Å². The summed E-state index contributed by atoms with van der Waals surface area (Å²) in [4.78, 5) is 36.0. The molecule has 0 spiro atoms. The summed E-state index contributed by atoms with van der Waals surface area (Å²) in [6.07, 6.45) is 2.78. The summed E-state index contributed by atoms with van der Waals surface area (Å²) in [5, 5.41) is 16.1. The number of ether oxygens (including phenoxy) is 1. The highest BCUT2D eigenvalue weighted by atomic mass is 16.6. The second kappa shape index (κ2) is 8.36. The van der Waals surface area contributed by atoms with E-state index >= 15 is 0 Å². The molecule has 0 radical (unpaired) electrons. The quantitative estimate of drug-likeness (QED) is 0.268. The van der Waals surface area contributed by atoms with Crippen LogP contribution in [-0.4, -0.2) is 33.4 Å². The molecule has 2 aliphatic rings. The van der Waals surface area contributed by atoms with Crippen molar-refractivity contribution in [2.45, 2.75) is 52.4 Å². The summed E-state index contributed by atoms with van der Waals surface area (Å²) in [6.45, 7) is 6.68. The molecule has 8 nitrogen and oxygen atoms in total. The number of hydrogen-bond acceptors (Lipinski definition) is 7. The zero-order valence-corrected chi connectivity index (χ0v) is 19.5. The number of carbonyl (C=O) groups is 1. The predicted molar refractivity (Wildman–Crippen MR) is 128 cm³/mol. The van der Waals surface area contributed by atoms with E-state index in [4.69, 9.17) is 14.6 Å². The predicted octanol–water partition coefficient (Wildman–Crippen LogP) is 3.48. The molecular formula is C26H27N3O5. The minimum atomic E-state index is -1.84. The molecule has 176 valence electrons. The standard InChI is InChI=1S/C26H27N3O5/c1-4-15(3)13-34-27-11-17-8-6-7-16-9-18-12-29-21(23(18)28-22(16)17)10-20-19(24(29)30)14-33-25(31)26(20,32)5-2/h6-11,15,32H,4-5,12-14H2,1-3H3/b27-11+/t15?,26-/m0/s1. The maximum atomic E-state index is 13.3. The molecule has 0 amide bonds. The van der Waals surface area contributed by atoms with Crippen LogP contribution in [0.4, 0.5) is 0 Å². The first-order valence-electron chi connectivity index (χ1n) is 11.6. The maximum absolute atomic E-state index is 13.3. The molecule has 1 aromatic carbocycles. The number of aromatic nitrogens is 2. The number of nitrogens with zero attached hydrogens (tertiary/aromatic N) is 3. The Bertz CT molecular complexity index is 1390. The molecule has 0 aliphatic carbocycles. The minimum absolute atomic E-state index is 0.108. The summed E-state index contributed by atoms with van der Waals surface area (Å²) in [5.41, 5.74) is 2.20. The highest BCUT2D eigenvalue weighted by molar-refractivity contribution is 5.98. The van der Waals surface area contributed by atoms with E-state index in [1.165, 1.54) is 0 Å². The van der Waals surface area contributed by atoms with Crippen molar-refractivity contribution in [2.24, 2.45) is 11.1 Å². The number of rotatable bonds is 6. The number of para-hydroxylation sites is 1. The third-order valence-corrected chi connectivity index (χ3v) is 6.89. The fourth-order valence-electron chi connectivity index (χ4n) is 4.52. The van der Waals surface area contributed by atoms with Crippen molar-refractivity contribution in [1.82, 2.24) is 9.55 Å². The molecule has 0 saturated heterocycles. The van der Waals surface area contributed by atoms with Gasteiger partial charge in [0.2, 0.25) is 0 Å². The molecule has 3 aromatic rings. The largest absolute Gasteiger partial charge is 0.458 e. The van der Waals surface area contributed by atoms with Crippen LogP contribution in [0.15, 0.2) is 40.3 Å². The summed E-state index contributed by atoms with van der Waals surface area (Å²) in [7, 11) is 0. The lowest BCUT2D eigenvalue weighted by molar-refractivity contribution is -0.172. The van der Waals surface area contributed by atoms with Gasteiger partial charge < -0.3 is 19.2 Å². The fraction of sp³-hybridized carbons (Fsp3) is 0.385. The van der Waals surface area contributed by atoms with Crippen LogP contribution >= 0.6 is 0 Å². The van der Waals surface area contributed by atoms with Crippen molar-refractivity contribution < 1.29 is 19.5 Å². The van der Waals surface area contributed by atoms with Gasteiger partial charge in [-0.3, -0.25) is 4.79 Å². The number of pyridine rings is 2. The first-order chi connectivity index (χ1) is 16.4.